The summed E-state index contributed by atoms with van der Waals surface area (Å²) >= 11 is 0. The number of nitrogens with one attached hydrogen (secondary N) is 1. The smallest absolute Gasteiger partial charge is 0.274 e. The van der Waals surface area contributed by atoms with E-state index in [2.05, 4.69) is 20.4 Å². The van der Waals surface area contributed by atoms with Gasteiger partial charge in [-0.05, 0) is 13.0 Å². The average Bonchev–Trinajstić information content (AvgIpc) is 2.92. The van der Waals surface area contributed by atoms with Gasteiger partial charge in [-0.15, -0.1) is 0 Å². The summed E-state index contributed by atoms with van der Waals surface area (Å²) in [5.74, 6) is 0.299. The number of amides is 1. The molecule has 8 heteroatoms. The predicted octanol–water partition coefficient (Wildman–Crippen LogP) is 0.607. The van der Waals surface area contributed by atoms with Crippen LogP contribution < -0.4 is 10.2 Å². The zero-order valence-corrected chi connectivity index (χ0v) is 12.6. The zero-order valence-electron chi connectivity index (χ0n) is 12.6. The molecular weight excluding hydrogens is 284 g/mol. The van der Waals surface area contributed by atoms with Crippen LogP contribution in [-0.2, 0) is 11.8 Å². The molecular formula is C14H18N6O2. The molecule has 1 saturated heterocycles. The molecule has 0 spiro atoms. The third kappa shape index (κ3) is 3.22. The van der Waals surface area contributed by atoms with E-state index >= 15 is 0 Å². The van der Waals surface area contributed by atoms with Crippen LogP contribution in [0.1, 0.15) is 16.2 Å². The van der Waals surface area contributed by atoms with E-state index in [9.17, 15) is 4.79 Å². The lowest BCUT2D eigenvalue weighted by atomic mass is 10.3. The lowest BCUT2D eigenvalue weighted by Crippen LogP contribution is -2.37. The minimum atomic E-state index is -0.270. The first-order valence-corrected chi connectivity index (χ1v) is 7.10. The number of hydrogen-bond donors (Lipinski definition) is 1. The van der Waals surface area contributed by atoms with E-state index in [4.69, 9.17) is 4.74 Å². The summed E-state index contributed by atoms with van der Waals surface area (Å²) in [7, 11) is 1.79. The van der Waals surface area contributed by atoms with Crippen molar-refractivity contribution in [1.82, 2.24) is 19.7 Å². The van der Waals surface area contributed by atoms with Crippen LogP contribution in [-0.4, -0.2) is 52.0 Å². The van der Waals surface area contributed by atoms with Crippen LogP contribution in [0.2, 0.25) is 0 Å². The normalized spacial score (nSPS) is 14.9. The first-order valence-electron chi connectivity index (χ1n) is 7.10. The van der Waals surface area contributed by atoms with E-state index in [0.29, 0.717) is 30.5 Å². The molecule has 0 radical (unpaired) electrons. The number of aryl methyl sites for hydroxylation is 2. The fraction of sp³-hybridized carbons (Fsp3) is 0.429. The molecule has 1 N–H and O–H groups in total. The van der Waals surface area contributed by atoms with Crippen molar-refractivity contribution in [2.75, 3.05) is 36.5 Å². The Balaban J connectivity index is 1.80. The van der Waals surface area contributed by atoms with Gasteiger partial charge in [-0.1, -0.05) is 0 Å². The minimum Gasteiger partial charge on any atom is -0.378 e. The van der Waals surface area contributed by atoms with Crippen molar-refractivity contribution in [3.63, 3.8) is 0 Å². The van der Waals surface area contributed by atoms with E-state index < -0.39 is 0 Å². The van der Waals surface area contributed by atoms with Crippen LogP contribution in [0.3, 0.4) is 0 Å². The zero-order chi connectivity index (χ0) is 15.5. The second-order valence-corrected chi connectivity index (χ2v) is 5.15. The number of aromatic nitrogens is 4. The molecule has 0 atom stereocenters. The second kappa shape index (κ2) is 6.10. The lowest BCUT2D eigenvalue weighted by Gasteiger charge is -2.27. The maximum Gasteiger partial charge on any atom is 0.274 e. The first-order chi connectivity index (χ1) is 10.6. The van der Waals surface area contributed by atoms with Crippen molar-refractivity contribution < 1.29 is 9.53 Å². The fourth-order valence-electron chi connectivity index (χ4n) is 2.25. The summed E-state index contributed by atoms with van der Waals surface area (Å²) in [6.45, 7) is 4.61. The minimum absolute atomic E-state index is 0.270. The number of carbonyl (C=O) groups is 1. The number of anilines is 2. The Hall–Kier alpha value is -2.48. The molecule has 0 bridgehead atoms. The van der Waals surface area contributed by atoms with Crippen molar-refractivity contribution in [3.05, 3.63) is 29.8 Å². The quantitative estimate of drug-likeness (QED) is 0.894. The predicted molar refractivity (Wildman–Crippen MR) is 81.0 cm³/mol. The molecule has 1 fully saturated rings. The van der Waals surface area contributed by atoms with Gasteiger partial charge in [-0.3, -0.25) is 9.48 Å². The summed E-state index contributed by atoms with van der Waals surface area (Å²) in [5.41, 5.74) is 1.74. The third-order valence-electron chi connectivity index (χ3n) is 3.33. The van der Waals surface area contributed by atoms with Gasteiger partial charge in [0.2, 0.25) is 5.95 Å². The largest absolute Gasteiger partial charge is 0.378 e. The second-order valence-electron chi connectivity index (χ2n) is 5.15. The number of morpholine rings is 1. The number of carbonyl (C=O) groups excluding carboxylic acids is 1. The van der Waals surface area contributed by atoms with E-state index in [1.165, 1.54) is 0 Å². The number of rotatable bonds is 3. The molecule has 8 nitrogen and oxygen atoms in total. The van der Waals surface area contributed by atoms with Crippen molar-refractivity contribution >= 4 is 17.5 Å². The lowest BCUT2D eigenvalue weighted by molar-refractivity contribution is 0.102. The van der Waals surface area contributed by atoms with Gasteiger partial charge >= 0.3 is 0 Å². The monoisotopic (exact) mass is 302 g/mol. The molecule has 0 saturated carbocycles. The third-order valence-corrected chi connectivity index (χ3v) is 3.33. The van der Waals surface area contributed by atoms with Gasteiger partial charge < -0.3 is 15.0 Å². The van der Waals surface area contributed by atoms with Crippen molar-refractivity contribution in [3.8, 4) is 0 Å². The van der Waals surface area contributed by atoms with Gasteiger partial charge in [0.25, 0.3) is 5.91 Å². The molecule has 0 aliphatic carbocycles. The summed E-state index contributed by atoms with van der Waals surface area (Å²) in [5, 5.41) is 6.80. The van der Waals surface area contributed by atoms with Gasteiger partial charge in [0.05, 0.1) is 25.1 Å². The van der Waals surface area contributed by atoms with Crippen molar-refractivity contribution in [1.29, 1.82) is 0 Å². The van der Waals surface area contributed by atoms with E-state index in [1.807, 2.05) is 11.8 Å². The highest BCUT2D eigenvalue weighted by Gasteiger charge is 2.17. The molecule has 0 aromatic carbocycles. The number of ether oxygens (including phenoxy) is 1. The molecule has 2 aromatic rings. The van der Waals surface area contributed by atoms with Gasteiger partial charge in [0, 0.05) is 32.0 Å². The standard InChI is InChI=1S/C14H18N6O2/c1-10-7-12(13(21)17-11-8-15-19(2)9-11)18-14(16-10)20-3-5-22-6-4-20/h7-9H,3-6H2,1-2H3,(H,17,21). The SMILES string of the molecule is Cc1cc(C(=O)Nc2cnn(C)c2)nc(N2CCOCC2)n1. The molecule has 0 unspecified atom stereocenters. The topological polar surface area (TPSA) is 85.2 Å². The molecule has 3 rings (SSSR count). The Labute approximate surface area is 128 Å². The maximum atomic E-state index is 12.3. The van der Waals surface area contributed by atoms with E-state index in [1.54, 1.807) is 30.2 Å². The van der Waals surface area contributed by atoms with Crippen LogP contribution in [0.5, 0.6) is 0 Å². The Morgan fingerprint density at radius 3 is 2.77 bits per heavy atom. The Morgan fingerprint density at radius 2 is 2.09 bits per heavy atom. The Morgan fingerprint density at radius 1 is 1.32 bits per heavy atom. The number of nitrogens with zero attached hydrogens (tertiary/aromatic N) is 5. The van der Waals surface area contributed by atoms with Crippen molar-refractivity contribution in [2.24, 2.45) is 7.05 Å². The molecule has 3 heterocycles. The van der Waals surface area contributed by atoms with E-state index in [-0.39, 0.29) is 5.91 Å². The Bertz CT molecular complexity index is 678. The fourth-order valence-corrected chi connectivity index (χ4v) is 2.25. The number of hydrogen-bond acceptors (Lipinski definition) is 6. The van der Waals surface area contributed by atoms with Crippen LogP contribution in [0.4, 0.5) is 11.6 Å². The summed E-state index contributed by atoms with van der Waals surface area (Å²) in [4.78, 5) is 23.1. The van der Waals surface area contributed by atoms with Crippen LogP contribution in [0.15, 0.2) is 18.5 Å². The van der Waals surface area contributed by atoms with E-state index in [0.717, 1.165) is 18.8 Å². The first kappa shape index (κ1) is 14.5. The van der Waals surface area contributed by atoms with Crippen molar-refractivity contribution in [2.45, 2.75) is 6.92 Å². The summed E-state index contributed by atoms with van der Waals surface area (Å²) in [6.07, 6.45) is 3.32. The molecule has 22 heavy (non-hydrogen) atoms. The molecule has 1 aliphatic rings. The molecule has 1 aliphatic heterocycles. The van der Waals surface area contributed by atoms with Crippen LogP contribution >= 0.6 is 0 Å². The van der Waals surface area contributed by atoms with Gasteiger partial charge in [-0.2, -0.15) is 5.10 Å². The molecule has 116 valence electrons. The van der Waals surface area contributed by atoms with Gasteiger partial charge in [0.1, 0.15) is 5.69 Å². The summed E-state index contributed by atoms with van der Waals surface area (Å²) in [6, 6.07) is 1.68. The van der Waals surface area contributed by atoms with Gasteiger partial charge in [-0.25, -0.2) is 9.97 Å². The van der Waals surface area contributed by atoms with Crippen LogP contribution in [0.25, 0.3) is 0 Å². The molecule has 2 aromatic heterocycles. The highest BCUT2D eigenvalue weighted by atomic mass is 16.5. The van der Waals surface area contributed by atoms with Crippen LogP contribution in [0, 0.1) is 6.92 Å². The van der Waals surface area contributed by atoms with Gasteiger partial charge in [0.15, 0.2) is 0 Å². The Kier molecular flexibility index (Phi) is 4.01. The maximum absolute atomic E-state index is 12.3. The average molecular weight is 302 g/mol. The highest BCUT2D eigenvalue weighted by molar-refractivity contribution is 6.02. The highest BCUT2D eigenvalue weighted by Crippen LogP contribution is 2.13. The summed E-state index contributed by atoms with van der Waals surface area (Å²) < 4.78 is 6.95. The molecule has 1 amide bonds.